The Hall–Kier alpha value is -2.27. The molecule has 0 aliphatic carbocycles. The molecular weight excluding hydrogens is 247 g/mol. The summed E-state index contributed by atoms with van der Waals surface area (Å²) in [5.74, 6) is -1.28. The third-order valence-electron chi connectivity index (χ3n) is 2.66. The molecule has 5 heteroatoms. The molecule has 0 atom stereocenters. The number of benzene rings is 1. The number of nitrogens with one attached hydrogen (secondary N) is 1. The number of aliphatic hydroxyl groups is 1. The van der Waals surface area contributed by atoms with Gasteiger partial charge in [0.2, 0.25) is 5.95 Å². The molecule has 2 aromatic rings. The maximum absolute atomic E-state index is 13.3. The van der Waals surface area contributed by atoms with Crippen LogP contribution < -0.4 is 5.32 Å². The highest BCUT2D eigenvalue weighted by Crippen LogP contribution is 2.06. The van der Waals surface area contributed by atoms with E-state index in [2.05, 4.69) is 10.3 Å². The summed E-state index contributed by atoms with van der Waals surface area (Å²) in [6, 6.07) is 10.0. The van der Waals surface area contributed by atoms with Crippen molar-refractivity contribution in [2.75, 3.05) is 0 Å². The first-order valence-electron chi connectivity index (χ1n) is 5.78. The van der Waals surface area contributed by atoms with Gasteiger partial charge in [-0.1, -0.05) is 24.3 Å². The third kappa shape index (κ3) is 3.35. The summed E-state index contributed by atoms with van der Waals surface area (Å²) >= 11 is 0. The number of rotatable bonds is 4. The highest BCUT2D eigenvalue weighted by molar-refractivity contribution is 5.94. The zero-order chi connectivity index (χ0) is 13.7. The molecule has 0 spiro atoms. The van der Waals surface area contributed by atoms with Gasteiger partial charge in [0.25, 0.3) is 5.91 Å². The minimum atomic E-state index is -0.782. The van der Waals surface area contributed by atoms with Crippen LogP contribution in [-0.4, -0.2) is 16.0 Å². The number of aliphatic hydroxyl groups excluding tert-OH is 1. The summed E-state index contributed by atoms with van der Waals surface area (Å²) in [5, 5.41) is 11.5. The Bertz CT molecular complexity index is 570. The van der Waals surface area contributed by atoms with E-state index in [4.69, 9.17) is 5.11 Å². The highest BCUT2D eigenvalue weighted by Gasteiger charge is 2.11. The second kappa shape index (κ2) is 6.06. The molecule has 98 valence electrons. The van der Waals surface area contributed by atoms with Gasteiger partial charge in [0.05, 0.1) is 12.2 Å². The Balaban J connectivity index is 1.98. The van der Waals surface area contributed by atoms with Crippen molar-refractivity contribution < 1.29 is 14.3 Å². The van der Waals surface area contributed by atoms with Crippen molar-refractivity contribution in [2.24, 2.45) is 0 Å². The topological polar surface area (TPSA) is 62.2 Å². The fraction of sp³-hybridized carbons (Fsp3) is 0.143. The molecule has 19 heavy (non-hydrogen) atoms. The molecule has 0 saturated carbocycles. The zero-order valence-corrected chi connectivity index (χ0v) is 10.1. The number of halogens is 1. The predicted molar refractivity (Wildman–Crippen MR) is 67.7 cm³/mol. The van der Waals surface area contributed by atoms with Gasteiger partial charge in [0.15, 0.2) is 0 Å². The van der Waals surface area contributed by atoms with E-state index in [1.165, 1.54) is 18.3 Å². The van der Waals surface area contributed by atoms with Gasteiger partial charge in [-0.05, 0) is 23.3 Å². The smallest absolute Gasteiger partial charge is 0.256 e. The molecule has 0 bridgehead atoms. The maximum Gasteiger partial charge on any atom is 0.256 e. The van der Waals surface area contributed by atoms with Crippen LogP contribution in [0.3, 0.4) is 0 Å². The first-order valence-corrected chi connectivity index (χ1v) is 5.78. The van der Waals surface area contributed by atoms with Crippen molar-refractivity contribution in [3.8, 4) is 0 Å². The summed E-state index contributed by atoms with van der Waals surface area (Å²) in [4.78, 5) is 15.2. The number of carbonyl (C=O) groups is 1. The maximum atomic E-state index is 13.3. The first kappa shape index (κ1) is 13.2. The molecule has 1 amide bonds. The number of hydrogen-bond acceptors (Lipinski definition) is 3. The van der Waals surface area contributed by atoms with Crippen molar-refractivity contribution in [2.45, 2.75) is 13.2 Å². The third-order valence-corrected chi connectivity index (χ3v) is 2.66. The Morgan fingerprint density at radius 1 is 1.21 bits per heavy atom. The number of pyridine rings is 1. The van der Waals surface area contributed by atoms with E-state index in [-0.39, 0.29) is 12.2 Å². The number of nitrogens with zero attached hydrogens (tertiary/aromatic N) is 1. The molecule has 0 radical (unpaired) electrons. The Kier molecular flexibility index (Phi) is 4.20. The summed E-state index contributed by atoms with van der Waals surface area (Å²) < 4.78 is 13.3. The summed E-state index contributed by atoms with van der Waals surface area (Å²) in [5.41, 5.74) is 1.60. The molecular formula is C14H13FN2O2. The van der Waals surface area contributed by atoms with Gasteiger partial charge in [-0.2, -0.15) is 4.39 Å². The van der Waals surface area contributed by atoms with Crippen LogP contribution in [0.25, 0.3) is 0 Å². The fourth-order valence-corrected chi connectivity index (χ4v) is 1.60. The molecule has 1 aromatic carbocycles. The monoisotopic (exact) mass is 260 g/mol. The van der Waals surface area contributed by atoms with Crippen molar-refractivity contribution in [3.63, 3.8) is 0 Å². The highest BCUT2D eigenvalue weighted by atomic mass is 19.1. The quantitative estimate of drug-likeness (QED) is 0.821. The molecule has 0 saturated heterocycles. The molecule has 1 aromatic heterocycles. The van der Waals surface area contributed by atoms with Crippen molar-refractivity contribution >= 4 is 5.91 Å². The molecule has 0 aliphatic rings. The van der Waals surface area contributed by atoms with E-state index in [0.29, 0.717) is 6.54 Å². The lowest BCUT2D eigenvalue weighted by atomic mass is 10.1. The van der Waals surface area contributed by atoms with Gasteiger partial charge < -0.3 is 10.4 Å². The molecule has 1 heterocycles. The SMILES string of the molecule is O=C(NCc1ccc(CO)cc1)c1cccnc1F. The van der Waals surface area contributed by atoms with Crippen LogP contribution in [0.15, 0.2) is 42.6 Å². The fourth-order valence-electron chi connectivity index (χ4n) is 1.60. The van der Waals surface area contributed by atoms with Crippen LogP contribution in [0.1, 0.15) is 21.5 Å². The van der Waals surface area contributed by atoms with Crippen LogP contribution in [0, 0.1) is 5.95 Å². The standard InChI is InChI=1S/C14H13FN2O2/c15-13-12(2-1-7-16-13)14(19)17-8-10-3-5-11(9-18)6-4-10/h1-7,18H,8-9H2,(H,17,19). The van der Waals surface area contributed by atoms with Crippen LogP contribution in [-0.2, 0) is 13.2 Å². The van der Waals surface area contributed by atoms with Gasteiger partial charge >= 0.3 is 0 Å². The van der Waals surface area contributed by atoms with Crippen LogP contribution in [0.4, 0.5) is 4.39 Å². The second-order valence-corrected chi connectivity index (χ2v) is 4.00. The van der Waals surface area contributed by atoms with Crippen LogP contribution in [0.5, 0.6) is 0 Å². The minimum absolute atomic E-state index is 0.0203. The van der Waals surface area contributed by atoms with Crippen molar-refractivity contribution in [1.82, 2.24) is 10.3 Å². The number of aromatic nitrogens is 1. The Morgan fingerprint density at radius 3 is 2.53 bits per heavy atom. The van der Waals surface area contributed by atoms with E-state index in [1.54, 1.807) is 24.3 Å². The lowest BCUT2D eigenvalue weighted by Gasteiger charge is -2.06. The average molecular weight is 260 g/mol. The lowest BCUT2D eigenvalue weighted by molar-refractivity contribution is 0.0946. The number of hydrogen-bond donors (Lipinski definition) is 2. The largest absolute Gasteiger partial charge is 0.392 e. The normalized spacial score (nSPS) is 10.2. The minimum Gasteiger partial charge on any atom is -0.392 e. The molecule has 4 nitrogen and oxygen atoms in total. The van der Waals surface area contributed by atoms with Gasteiger partial charge in [-0.25, -0.2) is 4.98 Å². The van der Waals surface area contributed by atoms with E-state index in [1.807, 2.05) is 0 Å². The lowest BCUT2D eigenvalue weighted by Crippen LogP contribution is -2.24. The average Bonchev–Trinajstić information content (AvgIpc) is 2.46. The molecule has 2 N–H and O–H groups in total. The summed E-state index contributed by atoms with van der Waals surface area (Å²) in [6.45, 7) is 0.270. The Morgan fingerprint density at radius 2 is 1.89 bits per heavy atom. The van der Waals surface area contributed by atoms with Crippen molar-refractivity contribution in [1.29, 1.82) is 0 Å². The summed E-state index contributed by atoms with van der Waals surface area (Å²) in [7, 11) is 0. The van der Waals surface area contributed by atoms with Crippen LogP contribution >= 0.6 is 0 Å². The van der Waals surface area contributed by atoms with E-state index < -0.39 is 11.9 Å². The van der Waals surface area contributed by atoms with Gasteiger partial charge in [0.1, 0.15) is 0 Å². The van der Waals surface area contributed by atoms with E-state index in [9.17, 15) is 9.18 Å². The zero-order valence-electron chi connectivity index (χ0n) is 10.1. The van der Waals surface area contributed by atoms with Crippen LogP contribution in [0.2, 0.25) is 0 Å². The van der Waals surface area contributed by atoms with E-state index in [0.717, 1.165) is 11.1 Å². The summed E-state index contributed by atoms with van der Waals surface area (Å²) in [6.07, 6.45) is 1.29. The van der Waals surface area contributed by atoms with Gasteiger partial charge in [-0.3, -0.25) is 4.79 Å². The second-order valence-electron chi connectivity index (χ2n) is 4.00. The molecule has 0 unspecified atom stereocenters. The first-order chi connectivity index (χ1) is 9.20. The number of amides is 1. The number of carbonyl (C=O) groups excluding carboxylic acids is 1. The van der Waals surface area contributed by atoms with E-state index >= 15 is 0 Å². The molecule has 0 aliphatic heterocycles. The predicted octanol–water partition coefficient (Wildman–Crippen LogP) is 1.64. The Labute approximate surface area is 109 Å². The molecule has 2 rings (SSSR count). The van der Waals surface area contributed by atoms with Gasteiger partial charge in [0, 0.05) is 12.7 Å². The van der Waals surface area contributed by atoms with Gasteiger partial charge in [-0.15, -0.1) is 0 Å². The van der Waals surface area contributed by atoms with Crippen molar-refractivity contribution in [3.05, 3.63) is 65.2 Å². The molecule has 0 fully saturated rings.